The molecule has 6 nitrogen and oxygen atoms in total. The number of carbonyl (C=O) groups is 1. The van der Waals surface area contributed by atoms with Crippen LogP contribution < -0.4 is 5.32 Å². The van der Waals surface area contributed by atoms with Crippen molar-refractivity contribution in [1.82, 2.24) is 14.8 Å². The van der Waals surface area contributed by atoms with Gasteiger partial charge in [-0.2, -0.15) is 18.3 Å². The summed E-state index contributed by atoms with van der Waals surface area (Å²) in [6.07, 6.45) is -0.983. The lowest BCUT2D eigenvalue weighted by Gasteiger charge is -2.15. The second-order valence-corrected chi connectivity index (χ2v) is 8.12. The number of carbonyl (C=O) groups excluding carboxylic acids is 1. The van der Waals surface area contributed by atoms with E-state index in [0.29, 0.717) is 40.5 Å². The Bertz CT molecular complexity index is 1310. The number of halogens is 4. The van der Waals surface area contributed by atoms with Crippen LogP contribution in [0, 0.1) is 0 Å². The second kappa shape index (κ2) is 7.63. The molecule has 0 atom stereocenters. The number of pyridine rings is 1. The summed E-state index contributed by atoms with van der Waals surface area (Å²) >= 11 is 3.27. The van der Waals surface area contributed by atoms with E-state index in [2.05, 4.69) is 31.3 Å². The highest BCUT2D eigenvalue weighted by Gasteiger charge is 2.41. The van der Waals surface area contributed by atoms with Gasteiger partial charge in [0.2, 0.25) is 0 Å². The van der Waals surface area contributed by atoms with E-state index >= 15 is 0 Å². The summed E-state index contributed by atoms with van der Waals surface area (Å²) in [5, 5.41) is 6.57. The molecule has 4 aromatic rings. The van der Waals surface area contributed by atoms with Crippen molar-refractivity contribution in [3.63, 3.8) is 0 Å². The Hall–Kier alpha value is -3.40. The number of aromatic nitrogens is 3. The van der Waals surface area contributed by atoms with Gasteiger partial charge in [-0.3, -0.25) is 4.79 Å². The van der Waals surface area contributed by atoms with Gasteiger partial charge < -0.3 is 9.73 Å². The minimum atomic E-state index is -4.58. The number of anilines is 1. The van der Waals surface area contributed by atoms with E-state index in [1.165, 1.54) is 23.1 Å². The van der Waals surface area contributed by atoms with Gasteiger partial charge in [-0.05, 0) is 64.8 Å². The van der Waals surface area contributed by atoms with Crippen molar-refractivity contribution in [2.45, 2.75) is 19.0 Å². The molecule has 5 rings (SSSR count). The van der Waals surface area contributed by atoms with Gasteiger partial charge in [0.05, 0.1) is 17.6 Å². The van der Waals surface area contributed by atoms with Gasteiger partial charge in [0.15, 0.2) is 5.69 Å². The van der Waals surface area contributed by atoms with E-state index in [4.69, 9.17) is 4.42 Å². The lowest BCUT2D eigenvalue weighted by molar-refractivity contribution is -0.142. The highest BCUT2D eigenvalue weighted by atomic mass is 79.9. The Morgan fingerprint density at radius 1 is 1.09 bits per heavy atom. The van der Waals surface area contributed by atoms with E-state index in [-0.39, 0.29) is 17.9 Å². The van der Waals surface area contributed by atoms with Crippen molar-refractivity contribution in [3.05, 3.63) is 82.0 Å². The Morgan fingerprint density at radius 3 is 2.56 bits per heavy atom. The van der Waals surface area contributed by atoms with Crippen molar-refractivity contribution >= 4 is 27.7 Å². The van der Waals surface area contributed by atoms with Gasteiger partial charge in [0.1, 0.15) is 11.6 Å². The standard InChI is InChI=1S/C22H14BrF3N4O2/c23-13-3-8-18(27-11-13)28-21(31)12-1-4-14(5-2-12)30-19-15-9-10-32-17(15)7-6-16(19)20(29-30)22(24,25)26/h1-5,8-11H,6-7H2,(H,27,28,31). The first-order valence-electron chi connectivity index (χ1n) is 9.60. The van der Waals surface area contributed by atoms with Crippen LogP contribution in [0.3, 0.4) is 0 Å². The molecule has 0 spiro atoms. The predicted molar refractivity (Wildman–Crippen MR) is 114 cm³/mol. The summed E-state index contributed by atoms with van der Waals surface area (Å²) in [6.45, 7) is 0. The SMILES string of the molecule is O=C(Nc1ccc(Br)cn1)c1ccc(-n2nc(C(F)(F)F)c3c2-c2ccoc2CC3)cc1. The minimum Gasteiger partial charge on any atom is -0.469 e. The van der Waals surface area contributed by atoms with Gasteiger partial charge >= 0.3 is 6.18 Å². The molecule has 32 heavy (non-hydrogen) atoms. The van der Waals surface area contributed by atoms with Gasteiger partial charge in [-0.1, -0.05) is 0 Å². The molecule has 0 fully saturated rings. The first-order valence-corrected chi connectivity index (χ1v) is 10.4. The quantitative estimate of drug-likeness (QED) is 0.392. The minimum absolute atomic E-state index is 0.148. The molecule has 162 valence electrons. The average molecular weight is 503 g/mol. The molecule has 10 heteroatoms. The Kier molecular flexibility index (Phi) is 4.89. The van der Waals surface area contributed by atoms with Gasteiger partial charge in [-0.25, -0.2) is 9.67 Å². The van der Waals surface area contributed by atoms with Crippen molar-refractivity contribution in [2.24, 2.45) is 0 Å². The maximum Gasteiger partial charge on any atom is 0.435 e. The van der Waals surface area contributed by atoms with Crippen molar-refractivity contribution in [2.75, 3.05) is 5.32 Å². The number of aryl methyl sites for hydroxylation is 1. The van der Waals surface area contributed by atoms with Crippen LogP contribution in [0.2, 0.25) is 0 Å². The largest absolute Gasteiger partial charge is 0.469 e. The molecule has 1 N–H and O–H groups in total. The summed E-state index contributed by atoms with van der Waals surface area (Å²) in [5.74, 6) is 0.623. The number of nitrogens with zero attached hydrogens (tertiary/aromatic N) is 3. The molecule has 0 unspecified atom stereocenters. The molecule has 1 amide bonds. The molecular formula is C22H14BrF3N4O2. The fraction of sp³-hybridized carbons (Fsp3) is 0.136. The topological polar surface area (TPSA) is 73.0 Å². The fourth-order valence-corrected chi connectivity index (χ4v) is 3.99. The number of rotatable bonds is 3. The summed E-state index contributed by atoms with van der Waals surface area (Å²) in [5.41, 5.74) is 0.946. The van der Waals surface area contributed by atoms with E-state index in [0.717, 1.165) is 4.47 Å². The maximum atomic E-state index is 13.6. The highest BCUT2D eigenvalue weighted by molar-refractivity contribution is 9.10. The van der Waals surface area contributed by atoms with E-state index < -0.39 is 11.9 Å². The van der Waals surface area contributed by atoms with Crippen LogP contribution in [0.25, 0.3) is 16.9 Å². The zero-order valence-corrected chi connectivity index (χ0v) is 17.9. The molecule has 0 saturated carbocycles. The predicted octanol–water partition coefficient (Wildman–Crippen LogP) is 5.66. The van der Waals surface area contributed by atoms with Crippen molar-refractivity contribution < 1.29 is 22.4 Å². The normalized spacial score (nSPS) is 12.9. The van der Waals surface area contributed by atoms with Crippen LogP contribution in [0.5, 0.6) is 0 Å². The number of nitrogens with one attached hydrogen (secondary N) is 1. The first kappa shape index (κ1) is 20.5. The number of hydrogen-bond acceptors (Lipinski definition) is 4. The number of amides is 1. The van der Waals surface area contributed by atoms with Crippen LogP contribution in [0.1, 0.15) is 27.4 Å². The Morgan fingerprint density at radius 2 is 1.88 bits per heavy atom. The van der Waals surface area contributed by atoms with E-state index in [1.807, 2.05) is 0 Å². The molecule has 1 aliphatic rings. The van der Waals surface area contributed by atoms with Gasteiger partial charge in [0.25, 0.3) is 5.91 Å². The third-order valence-corrected chi connectivity index (χ3v) is 5.67. The molecule has 0 radical (unpaired) electrons. The molecule has 0 aliphatic heterocycles. The van der Waals surface area contributed by atoms with E-state index in [1.54, 1.807) is 36.5 Å². The fourth-order valence-electron chi connectivity index (χ4n) is 3.75. The molecule has 3 heterocycles. The molecule has 0 saturated heterocycles. The van der Waals surface area contributed by atoms with Crippen LogP contribution >= 0.6 is 15.9 Å². The van der Waals surface area contributed by atoms with Crippen molar-refractivity contribution in [1.29, 1.82) is 0 Å². The van der Waals surface area contributed by atoms with Gasteiger partial charge in [0, 0.05) is 33.8 Å². The number of benzene rings is 1. The van der Waals surface area contributed by atoms with Crippen molar-refractivity contribution in [3.8, 4) is 16.9 Å². The lowest BCUT2D eigenvalue weighted by Crippen LogP contribution is -2.13. The summed E-state index contributed by atoms with van der Waals surface area (Å²) in [7, 11) is 0. The summed E-state index contributed by atoms with van der Waals surface area (Å²) < 4.78 is 48.4. The number of furan rings is 1. The first-order chi connectivity index (χ1) is 15.3. The smallest absolute Gasteiger partial charge is 0.435 e. The van der Waals surface area contributed by atoms with Crippen LogP contribution in [0.15, 0.2) is 63.8 Å². The molecular weight excluding hydrogens is 489 g/mol. The Labute approximate surface area is 188 Å². The van der Waals surface area contributed by atoms with Crippen LogP contribution in [0.4, 0.5) is 19.0 Å². The number of hydrogen-bond donors (Lipinski definition) is 1. The zero-order chi connectivity index (χ0) is 22.5. The third-order valence-electron chi connectivity index (χ3n) is 5.20. The monoisotopic (exact) mass is 502 g/mol. The highest BCUT2D eigenvalue weighted by Crippen LogP contribution is 2.42. The Balaban J connectivity index is 1.50. The number of fused-ring (bicyclic) bond motifs is 3. The summed E-state index contributed by atoms with van der Waals surface area (Å²) in [4.78, 5) is 16.6. The summed E-state index contributed by atoms with van der Waals surface area (Å²) in [6, 6.07) is 11.2. The zero-order valence-electron chi connectivity index (χ0n) is 16.3. The lowest BCUT2D eigenvalue weighted by atomic mass is 9.94. The number of alkyl halides is 3. The third kappa shape index (κ3) is 3.60. The molecule has 3 aromatic heterocycles. The van der Waals surface area contributed by atoms with Crippen LogP contribution in [-0.4, -0.2) is 20.7 Å². The average Bonchev–Trinajstić information content (AvgIpc) is 3.39. The maximum absolute atomic E-state index is 13.6. The van der Waals surface area contributed by atoms with E-state index in [9.17, 15) is 18.0 Å². The molecule has 1 aliphatic carbocycles. The molecule has 0 bridgehead atoms. The van der Waals surface area contributed by atoms with Gasteiger partial charge in [-0.15, -0.1) is 0 Å². The second-order valence-electron chi connectivity index (χ2n) is 7.21. The molecule has 1 aromatic carbocycles. The van der Waals surface area contributed by atoms with Crippen LogP contribution in [-0.2, 0) is 19.0 Å².